The fourth-order valence-corrected chi connectivity index (χ4v) is 2.81. The van der Waals surface area contributed by atoms with Gasteiger partial charge in [-0.3, -0.25) is 0 Å². The van der Waals surface area contributed by atoms with E-state index in [1.54, 1.807) is 7.11 Å². The van der Waals surface area contributed by atoms with Crippen LogP contribution in [0.15, 0.2) is 0 Å². The molecule has 15 heavy (non-hydrogen) atoms. The lowest BCUT2D eigenvalue weighted by Crippen LogP contribution is -2.30. The molecule has 0 bridgehead atoms. The first-order chi connectivity index (χ1) is 7.28. The smallest absolute Gasteiger partial charge is 0.0603 e. The molecule has 0 aromatic rings. The average molecular weight is 213 g/mol. The van der Waals surface area contributed by atoms with Crippen LogP contribution >= 0.6 is 0 Å². The van der Waals surface area contributed by atoms with Gasteiger partial charge in [0.1, 0.15) is 0 Å². The van der Waals surface area contributed by atoms with E-state index in [4.69, 9.17) is 15.2 Å². The van der Waals surface area contributed by atoms with E-state index >= 15 is 0 Å². The summed E-state index contributed by atoms with van der Waals surface area (Å²) in [5.74, 6) is 0. The third-order valence-corrected chi connectivity index (χ3v) is 3.72. The summed E-state index contributed by atoms with van der Waals surface area (Å²) in [5, 5.41) is 0. The second-order valence-corrected chi connectivity index (χ2v) is 4.98. The largest absolute Gasteiger partial charge is 0.381 e. The van der Waals surface area contributed by atoms with Crippen LogP contribution in [0.2, 0.25) is 0 Å². The van der Waals surface area contributed by atoms with Crippen molar-refractivity contribution in [3.63, 3.8) is 0 Å². The van der Waals surface area contributed by atoms with Crippen LogP contribution in [0, 0.1) is 0 Å². The molecule has 0 aromatic carbocycles. The molecule has 2 N–H and O–H groups in total. The van der Waals surface area contributed by atoms with Gasteiger partial charge in [0.15, 0.2) is 0 Å². The molecule has 4 unspecified atom stereocenters. The molecule has 3 heteroatoms. The number of methoxy groups -OCH3 is 1. The number of rotatable bonds is 3. The maximum atomic E-state index is 6.09. The molecule has 88 valence electrons. The molecule has 2 aliphatic carbocycles. The van der Waals surface area contributed by atoms with Crippen molar-refractivity contribution in [2.24, 2.45) is 5.73 Å². The Morgan fingerprint density at radius 3 is 2.33 bits per heavy atom. The second-order valence-electron chi connectivity index (χ2n) is 4.98. The molecule has 2 fully saturated rings. The molecule has 0 aliphatic heterocycles. The van der Waals surface area contributed by atoms with Gasteiger partial charge in [-0.25, -0.2) is 0 Å². The highest BCUT2D eigenvalue weighted by atomic mass is 16.5. The van der Waals surface area contributed by atoms with Gasteiger partial charge in [-0.05, 0) is 44.9 Å². The average Bonchev–Trinajstić information content (AvgIpc) is 2.64. The van der Waals surface area contributed by atoms with E-state index in [1.165, 1.54) is 19.3 Å². The SMILES string of the molecule is COC1CCCC(OC2CCC(N)C2)C1. The van der Waals surface area contributed by atoms with Crippen LogP contribution in [-0.2, 0) is 9.47 Å². The maximum Gasteiger partial charge on any atom is 0.0603 e. The van der Waals surface area contributed by atoms with Crippen LogP contribution in [0.1, 0.15) is 44.9 Å². The number of nitrogens with two attached hydrogens (primary N) is 1. The van der Waals surface area contributed by atoms with Gasteiger partial charge in [0, 0.05) is 13.2 Å². The lowest BCUT2D eigenvalue weighted by Gasteiger charge is -2.30. The van der Waals surface area contributed by atoms with Crippen molar-refractivity contribution in [3.8, 4) is 0 Å². The first-order valence-corrected chi connectivity index (χ1v) is 6.21. The molecule has 0 radical (unpaired) electrons. The van der Waals surface area contributed by atoms with Gasteiger partial charge in [0.2, 0.25) is 0 Å². The van der Waals surface area contributed by atoms with E-state index < -0.39 is 0 Å². The third kappa shape index (κ3) is 3.16. The Bertz CT molecular complexity index is 198. The summed E-state index contributed by atoms with van der Waals surface area (Å²) in [6, 6.07) is 0.372. The predicted octanol–water partition coefficient (Wildman–Crippen LogP) is 1.84. The molecule has 2 saturated carbocycles. The number of hydrogen-bond acceptors (Lipinski definition) is 3. The zero-order chi connectivity index (χ0) is 10.7. The zero-order valence-corrected chi connectivity index (χ0v) is 9.65. The summed E-state index contributed by atoms with van der Waals surface area (Å²) in [5.41, 5.74) is 5.88. The second kappa shape index (κ2) is 5.28. The van der Waals surface area contributed by atoms with Gasteiger partial charge in [-0.1, -0.05) is 0 Å². The van der Waals surface area contributed by atoms with Crippen LogP contribution in [0.4, 0.5) is 0 Å². The molecule has 2 aliphatic rings. The molecular formula is C12H23NO2. The van der Waals surface area contributed by atoms with Crippen molar-refractivity contribution in [1.82, 2.24) is 0 Å². The Kier molecular flexibility index (Phi) is 4.00. The van der Waals surface area contributed by atoms with Crippen LogP contribution in [0.3, 0.4) is 0 Å². The third-order valence-electron chi connectivity index (χ3n) is 3.72. The summed E-state index contributed by atoms with van der Waals surface area (Å²) in [4.78, 5) is 0. The molecule has 2 rings (SSSR count). The van der Waals surface area contributed by atoms with E-state index in [0.29, 0.717) is 24.4 Å². The summed E-state index contributed by atoms with van der Waals surface area (Å²) in [6.07, 6.45) is 9.28. The summed E-state index contributed by atoms with van der Waals surface area (Å²) >= 11 is 0. The highest BCUT2D eigenvalue weighted by Crippen LogP contribution is 2.28. The van der Waals surface area contributed by atoms with Crippen molar-refractivity contribution in [2.75, 3.05) is 7.11 Å². The van der Waals surface area contributed by atoms with E-state index in [2.05, 4.69) is 0 Å². The summed E-state index contributed by atoms with van der Waals surface area (Å²) < 4.78 is 11.5. The molecule has 3 nitrogen and oxygen atoms in total. The molecular weight excluding hydrogens is 190 g/mol. The first-order valence-electron chi connectivity index (χ1n) is 6.21. The Hall–Kier alpha value is -0.120. The van der Waals surface area contributed by atoms with Crippen LogP contribution in [0.5, 0.6) is 0 Å². The van der Waals surface area contributed by atoms with Crippen LogP contribution in [0.25, 0.3) is 0 Å². The highest BCUT2D eigenvalue weighted by molar-refractivity contribution is 4.81. The fourth-order valence-electron chi connectivity index (χ4n) is 2.81. The molecule has 0 aromatic heterocycles. The minimum Gasteiger partial charge on any atom is -0.381 e. The van der Waals surface area contributed by atoms with Gasteiger partial charge in [-0.15, -0.1) is 0 Å². The Labute approximate surface area is 92.3 Å². The lowest BCUT2D eigenvalue weighted by atomic mass is 9.94. The van der Waals surface area contributed by atoms with Gasteiger partial charge >= 0.3 is 0 Å². The van der Waals surface area contributed by atoms with Crippen molar-refractivity contribution in [1.29, 1.82) is 0 Å². The predicted molar refractivity (Wildman–Crippen MR) is 59.8 cm³/mol. The summed E-state index contributed by atoms with van der Waals surface area (Å²) in [6.45, 7) is 0. The highest BCUT2D eigenvalue weighted by Gasteiger charge is 2.28. The van der Waals surface area contributed by atoms with Gasteiger partial charge in [0.05, 0.1) is 18.3 Å². The molecule has 0 spiro atoms. The zero-order valence-electron chi connectivity index (χ0n) is 9.65. The minimum atomic E-state index is 0.372. The molecule has 0 heterocycles. The van der Waals surface area contributed by atoms with E-state index in [-0.39, 0.29) is 0 Å². The van der Waals surface area contributed by atoms with Gasteiger partial charge in [-0.2, -0.15) is 0 Å². The lowest BCUT2D eigenvalue weighted by molar-refractivity contribution is -0.0625. The van der Waals surface area contributed by atoms with E-state index in [0.717, 1.165) is 25.7 Å². The minimum absolute atomic E-state index is 0.372. The van der Waals surface area contributed by atoms with E-state index in [1.807, 2.05) is 0 Å². The Morgan fingerprint density at radius 2 is 1.67 bits per heavy atom. The number of hydrogen-bond donors (Lipinski definition) is 1. The van der Waals surface area contributed by atoms with Crippen molar-refractivity contribution in [3.05, 3.63) is 0 Å². The van der Waals surface area contributed by atoms with Crippen molar-refractivity contribution in [2.45, 2.75) is 69.3 Å². The number of ether oxygens (including phenoxy) is 2. The molecule has 0 amide bonds. The molecule has 4 atom stereocenters. The molecule has 0 saturated heterocycles. The van der Waals surface area contributed by atoms with Crippen molar-refractivity contribution >= 4 is 0 Å². The van der Waals surface area contributed by atoms with Gasteiger partial charge < -0.3 is 15.2 Å². The standard InChI is InChI=1S/C12H23NO2/c1-14-10-3-2-4-11(8-10)15-12-6-5-9(13)7-12/h9-12H,2-8,13H2,1H3. The van der Waals surface area contributed by atoms with Crippen LogP contribution in [-0.4, -0.2) is 31.5 Å². The van der Waals surface area contributed by atoms with Crippen molar-refractivity contribution < 1.29 is 9.47 Å². The van der Waals surface area contributed by atoms with Crippen LogP contribution < -0.4 is 5.73 Å². The normalized spacial score (nSPS) is 42.0. The van der Waals surface area contributed by atoms with Gasteiger partial charge in [0.25, 0.3) is 0 Å². The maximum absolute atomic E-state index is 6.09. The summed E-state index contributed by atoms with van der Waals surface area (Å²) in [7, 11) is 1.80. The first kappa shape index (κ1) is 11.4. The quantitative estimate of drug-likeness (QED) is 0.778. The monoisotopic (exact) mass is 213 g/mol. The Morgan fingerprint density at radius 1 is 0.933 bits per heavy atom. The van der Waals surface area contributed by atoms with E-state index in [9.17, 15) is 0 Å². The fraction of sp³-hybridized carbons (Fsp3) is 1.00. The topological polar surface area (TPSA) is 44.5 Å². The Balaban J connectivity index is 1.74.